The molecule has 0 spiro atoms. The van der Waals surface area contributed by atoms with E-state index in [1.54, 1.807) is 11.0 Å². The highest BCUT2D eigenvalue weighted by atomic mass is 16.5. The van der Waals surface area contributed by atoms with Crippen LogP contribution in [-0.4, -0.2) is 48.7 Å². The molecule has 22 heavy (non-hydrogen) atoms. The van der Waals surface area contributed by atoms with Crippen molar-refractivity contribution < 1.29 is 24.2 Å². The van der Waals surface area contributed by atoms with Crippen molar-refractivity contribution in [2.75, 3.05) is 26.8 Å². The first-order valence-corrected chi connectivity index (χ1v) is 7.33. The van der Waals surface area contributed by atoms with Crippen molar-refractivity contribution in [3.63, 3.8) is 0 Å². The van der Waals surface area contributed by atoms with Gasteiger partial charge in [0.25, 0.3) is 5.91 Å². The second-order valence-electron chi connectivity index (χ2n) is 5.52. The average molecular weight is 307 g/mol. The zero-order valence-electron chi connectivity index (χ0n) is 12.9. The van der Waals surface area contributed by atoms with Crippen molar-refractivity contribution in [3.8, 4) is 11.5 Å². The minimum absolute atomic E-state index is 0.0144. The molecular formula is C16H21NO5. The number of likely N-dealkylation sites (tertiary alicyclic amines) is 1. The van der Waals surface area contributed by atoms with Gasteiger partial charge in [0.15, 0.2) is 6.61 Å². The van der Waals surface area contributed by atoms with Crippen LogP contribution in [0.4, 0.5) is 0 Å². The van der Waals surface area contributed by atoms with Crippen molar-refractivity contribution in [2.45, 2.75) is 19.8 Å². The van der Waals surface area contributed by atoms with Crippen LogP contribution in [0.5, 0.6) is 11.5 Å². The van der Waals surface area contributed by atoms with Crippen molar-refractivity contribution in [3.05, 3.63) is 23.8 Å². The molecule has 0 atom stereocenters. The zero-order chi connectivity index (χ0) is 16.1. The summed E-state index contributed by atoms with van der Waals surface area (Å²) in [7, 11) is 1.46. The summed E-state index contributed by atoms with van der Waals surface area (Å²) in [5, 5.41) is 9.20. The second kappa shape index (κ2) is 7.15. The molecule has 1 saturated heterocycles. The van der Waals surface area contributed by atoms with E-state index in [0.29, 0.717) is 11.7 Å². The fourth-order valence-corrected chi connectivity index (χ4v) is 2.42. The van der Waals surface area contributed by atoms with Crippen LogP contribution in [0.3, 0.4) is 0 Å². The third-order valence-corrected chi connectivity index (χ3v) is 3.90. The van der Waals surface area contributed by atoms with Crippen LogP contribution in [0.1, 0.15) is 30.1 Å². The fraction of sp³-hybridized carbons (Fsp3) is 0.500. The molecule has 0 radical (unpaired) electrons. The average Bonchev–Trinajstić information content (AvgIpc) is 2.53. The standard InChI is InChI=1S/C16H21NO5/c1-11-5-7-17(8-6-11)15(18)10-22-14-4-3-12(21-2)9-13(14)16(19)20/h3-4,9,11H,5-8,10H2,1-2H3,(H,19,20). The molecular weight excluding hydrogens is 286 g/mol. The molecule has 1 aromatic rings. The van der Waals surface area contributed by atoms with Gasteiger partial charge in [-0.2, -0.15) is 0 Å². The molecule has 2 rings (SSSR count). The minimum Gasteiger partial charge on any atom is -0.497 e. The monoisotopic (exact) mass is 307 g/mol. The number of carbonyl (C=O) groups excluding carboxylic acids is 1. The van der Waals surface area contributed by atoms with Crippen LogP contribution >= 0.6 is 0 Å². The number of ether oxygens (including phenoxy) is 2. The number of carbonyl (C=O) groups is 2. The predicted molar refractivity (Wildman–Crippen MR) is 80.4 cm³/mol. The molecule has 1 fully saturated rings. The molecule has 6 nitrogen and oxygen atoms in total. The quantitative estimate of drug-likeness (QED) is 0.900. The van der Waals surface area contributed by atoms with E-state index in [2.05, 4.69) is 6.92 Å². The molecule has 6 heteroatoms. The Bertz CT molecular complexity index is 549. The van der Waals surface area contributed by atoms with Gasteiger partial charge in [0.05, 0.1) is 7.11 Å². The lowest BCUT2D eigenvalue weighted by Crippen LogP contribution is -2.40. The Kier molecular flexibility index (Phi) is 5.25. The lowest BCUT2D eigenvalue weighted by molar-refractivity contribution is -0.134. The number of carboxylic acids is 1. The Morgan fingerprint density at radius 1 is 1.32 bits per heavy atom. The number of methoxy groups -OCH3 is 1. The summed E-state index contributed by atoms with van der Waals surface area (Å²) in [5.41, 5.74) is -0.0144. The maximum atomic E-state index is 12.1. The first-order valence-electron chi connectivity index (χ1n) is 7.33. The summed E-state index contributed by atoms with van der Waals surface area (Å²) in [6, 6.07) is 4.49. The molecule has 0 aromatic heterocycles. The van der Waals surface area contributed by atoms with E-state index in [-0.39, 0.29) is 23.8 Å². The number of hydrogen-bond acceptors (Lipinski definition) is 4. The van der Waals surface area contributed by atoms with Crippen LogP contribution in [0, 0.1) is 5.92 Å². The van der Waals surface area contributed by atoms with Crippen LogP contribution in [0.25, 0.3) is 0 Å². The lowest BCUT2D eigenvalue weighted by atomic mass is 9.99. The summed E-state index contributed by atoms with van der Waals surface area (Å²) < 4.78 is 10.4. The van der Waals surface area contributed by atoms with Crippen LogP contribution in [-0.2, 0) is 4.79 Å². The lowest BCUT2D eigenvalue weighted by Gasteiger charge is -2.30. The van der Waals surface area contributed by atoms with Crippen LogP contribution in [0.15, 0.2) is 18.2 Å². The number of aromatic carboxylic acids is 1. The van der Waals surface area contributed by atoms with Crippen molar-refractivity contribution >= 4 is 11.9 Å². The summed E-state index contributed by atoms with van der Waals surface area (Å²) >= 11 is 0. The van der Waals surface area contributed by atoms with E-state index < -0.39 is 5.97 Å². The largest absolute Gasteiger partial charge is 0.497 e. The molecule has 0 aliphatic carbocycles. The Morgan fingerprint density at radius 3 is 2.59 bits per heavy atom. The fourth-order valence-electron chi connectivity index (χ4n) is 2.42. The van der Waals surface area contributed by atoms with Gasteiger partial charge in [0, 0.05) is 13.1 Å². The first-order chi connectivity index (χ1) is 10.5. The van der Waals surface area contributed by atoms with Gasteiger partial charge in [0.1, 0.15) is 17.1 Å². The Labute approximate surface area is 129 Å². The van der Waals surface area contributed by atoms with Gasteiger partial charge in [-0.1, -0.05) is 6.92 Å². The van der Waals surface area contributed by atoms with E-state index in [0.717, 1.165) is 25.9 Å². The highest BCUT2D eigenvalue weighted by molar-refractivity contribution is 5.91. The molecule has 0 saturated carbocycles. The molecule has 0 unspecified atom stereocenters. The molecule has 1 aliphatic rings. The van der Waals surface area contributed by atoms with Crippen molar-refractivity contribution in [1.29, 1.82) is 0 Å². The number of hydrogen-bond donors (Lipinski definition) is 1. The molecule has 0 bridgehead atoms. The van der Waals surface area contributed by atoms with Gasteiger partial charge in [-0.15, -0.1) is 0 Å². The maximum Gasteiger partial charge on any atom is 0.339 e. The smallest absolute Gasteiger partial charge is 0.339 e. The number of nitrogens with zero attached hydrogens (tertiary/aromatic N) is 1. The second-order valence-corrected chi connectivity index (χ2v) is 5.52. The van der Waals surface area contributed by atoms with E-state index in [1.807, 2.05) is 0 Å². The number of carboxylic acid groups (broad SMARTS) is 1. The minimum atomic E-state index is -1.12. The van der Waals surface area contributed by atoms with Gasteiger partial charge in [-0.3, -0.25) is 4.79 Å². The van der Waals surface area contributed by atoms with Gasteiger partial charge in [-0.05, 0) is 37.0 Å². The van der Waals surface area contributed by atoms with E-state index >= 15 is 0 Å². The highest BCUT2D eigenvalue weighted by Gasteiger charge is 2.21. The van der Waals surface area contributed by atoms with E-state index in [4.69, 9.17) is 9.47 Å². The van der Waals surface area contributed by atoms with E-state index in [9.17, 15) is 14.7 Å². The topological polar surface area (TPSA) is 76.1 Å². The molecule has 1 amide bonds. The molecule has 1 aromatic carbocycles. The van der Waals surface area contributed by atoms with Gasteiger partial charge in [-0.25, -0.2) is 4.79 Å². The van der Waals surface area contributed by atoms with Crippen molar-refractivity contribution in [2.24, 2.45) is 5.92 Å². The Hall–Kier alpha value is -2.24. The number of rotatable bonds is 5. The number of amides is 1. The summed E-state index contributed by atoms with van der Waals surface area (Å²) in [5.74, 6) is 0.0190. The summed E-state index contributed by atoms with van der Waals surface area (Å²) in [6.07, 6.45) is 1.99. The Morgan fingerprint density at radius 2 is 2.00 bits per heavy atom. The third-order valence-electron chi connectivity index (χ3n) is 3.90. The first kappa shape index (κ1) is 16.1. The highest BCUT2D eigenvalue weighted by Crippen LogP contribution is 2.24. The van der Waals surface area contributed by atoms with Crippen LogP contribution in [0.2, 0.25) is 0 Å². The molecule has 1 heterocycles. The molecule has 1 aliphatic heterocycles. The van der Waals surface area contributed by atoms with Crippen molar-refractivity contribution in [1.82, 2.24) is 4.90 Å². The van der Waals surface area contributed by atoms with Crippen LogP contribution < -0.4 is 9.47 Å². The van der Waals surface area contributed by atoms with Gasteiger partial charge >= 0.3 is 5.97 Å². The molecule has 120 valence electrons. The third kappa shape index (κ3) is 3.90. The van der Waals surface area contributed by atoms with E-state index in [1.165, 1.54) is 19.2 Å². The van der Waals surface area contributed by atoms with Gasteiger partial charge in [0.2, 0.25) is 0 Å². The number of piperidine rings is 1. The normalized spacial score (nSPS) is 15.5. The molecule has 1 N–H and O–H groups in total. The Balaban J connectivity index is 1.99. The maximum absolute atomic E-state index is 12.1. The summed E-state index contributed by atoms with van der Waals surface area (Å²) in [6.45, 7) is 3.49. The predicted octanol–water partition coefficient (Wildman–Crippen LogP) is 2.03. The van der Waals surface area contributed by atoms with Gasteiger partial charge < -0.3 is 19.5 Å². The number of benzene rings is 1. The SMILES string of the molecule is COc1ccc(OCC(=O)N2CCC(C)CC2)c(C(=O)O)c1. The summed E-state index contributed by atoms with van der Waals surface area (Å²) in [4.78, 5) is 25.1. The zero-order valence-corrected chi connectivity index (χ0v) is 12.9.